The number of nitrogens with zero attached hydrogens (tertiary/aromatic N) is 2. The SMILES string of the molecule is COc1nccc(N(C)C)c1NC(C)c1ccccc1Br. The van der Waals surface area contributed by atoms with Crippen LogP contribution in [0.2, 0.25) is 0 Å². The number of nitrogens with one attached hydrogen (secondary N) is 1. The number of ether oxygens (including phenoxy) is 1. The zero-order valence-corrected chi connectivity index (χ0v) is 14.3. The van der Waals surface area contributed by atoms with Gasteiger partial charge >= 0.3 is 0 Å². The number of rotatable bonds is 5. The van der Waals surface area contributed by atoms with Crippen molar-refractivity contribution < 1.29 is 4.74 Å². The minimum Gasteiger partial charge on any atom is -0.479 e. The molecule has 0 radical (unpaired) electrons. The predicted molar refractivity (Wildman–Crippen MR) is 91.3 cm³/mol. The summed E-state index contributed by atoms with van der Waals surface area (Å²) in [6.07, 6.45) is 1.75. The zero-order chi connectivity index (χ0) is 15.4. The van der Waals surface area contributed by atoms with Crippen molar-refractivity contribution in [3.63, 3.8) is 0 Å². The average Bonchev–Trinajstić information content (AvgIpc) is 2.47. The molecule has 0 saturated heterocycles. The zero-order valence-electron chi connectivity index (χ0n) is 12.7. The molecule has 1 heterocycles. The van der Waals surface area contributed by atoms with Crippen LogP contribution >= 0.6 is 15.9 Å². The molecule has 4 nitrogen and oxygen atoms in total. The Morgan fingerprint density at radius 2 is 1.95 bits per heavy atom. The Kier molecular flexibility index (Phi) is 5.07. The van der Waals surface area contributed by atoms with E-state index in [0.29, 0.717) is 5.88 Å². The Hall–Kier alpha value is -1.75. The summed E-state index contributed by atoms with van der Waals surface area (Å²) in [5.41, 5.74) is 3.13. The van der Waals surface area contributed by atoms with Gasteiger partial charge in [0.1, 0.15) is 5.69 Å². The van der Waals surface area contributed by atoms with Crippen molar-refractivity contribution in [2.45, 2.75) is 13.0 Å². The van der Waals surface area contributed by atoms with Crippen LogP contribution in [0.25, 0.3) is 0 Å². The summed E-state index contributed by atoms with van der Waals surface area (Å²) in [5, 5.41) is 3.51. The van der Waals surface area contributed by atoms with E-state index in [9.17, 15) is 0 Å². The third kappa shape index (κ3) is 3.47. The molecule has 1 aromatic carbocycles. The van der Waals surface area contributed by atoms with E-state index < -0.39 is 0 Å². The molecule has 1 atom stereocenters. The molecule has 21 heavy (non-hydrogen) atoms. The van der Waals surface area contributed by atoms with Gasteiger partial charge in [0.25, 0.3) is 0 Å². The van der Waals surface area contributed by atoms with Gasteiger partial charge in [-0.3, -0.25) is 0 Å². The van der Waals surface area contributed by atoms with Crippen LogP contribution in [0, 0.1) is 0 Å². The molecule has 1 aromatic heterocycles. The first-order chi connectivity index (χ1) is 10.0. The third-order valence-electron chi connectivity index (χ3n) is 3.30. The average molecular weight is 350 g/mol. The van der Waals surface area contributed by atoms with Crippen LogP contribution in [-0.4, -0.2) is 26.2 Å². The van der Waals surface area contributed by atoms with Crippen molar-refractivity contribution in [1.29, 1.82) is 0 Å². The number of hydrogen-bond acceptors (Lipinski definition) is 4. The lowest BCUT2D eigenvalue weighted by Gasteiger charge is -2.23. The van der Waals surface area contributed by atoms with Crippen LogP contribution in [0.15, 0.2) is 41.0 Å². The molecule has 2 aromatic rings. The summed E-state index contributed by atoms with van der Waals surface area (Å²) in [6.45, 7) is 2.12. The van der Waals surface area contributed by atoms with Crippen molar-refractivity contribution in [3.05, 3.63) is 46.6 Å². The monoisotopic (exact) mass is 349 g/mol. The fourth-order valence-corrected chi connectivity index (χ4v) is 2.84. The van der Waals surface area contributed by atoms with Crippen molar-refractivity contribution in [2.75, 3.05) is 31.4 Å². The molecule has 2 rings (SSSR count). The molecule has 0 aliphatic carbocycles. The van der Waals surface area contributed by atoms with E-state index in [-0.39, 0.29) is 6.04 Å². The summed E-state index contributed by atoms with van der Waals surface area (Å²) < 4.78 is 6.47. The number of pyridine rings is 1. The summed E-state index contributed by atoms with van der Waals surface area (Å²) in [4.78, 5) is 6.33. The first kappa shape index (κ1) is 15.6. The molecular formula is C16H20BrN3O. The van der Waals surface area contributed by atoms with Crippen LogP contribution < -0.4 is 15.0 Å². The standard InChI is InChI=1S/C16H20BrN3O/c1-11(12-7-5-6-8-13(12)17)19-15-14(20(2)3)9-10-18-16(15)21-4/h5-11,19H,1-4H3. The van der Waals surface area contributed by atoms with Crippen LogP contribution in [0.1, 0.15) is 18.5 Å². The fraction of sp³-hybridized carbons (Fsp3) is 0.312. The first-order valence-electron chi connectivity index (χ1n) is 6.76. The van der Waals surface area contributed by atoms with Crippen molar-refractivity contribution in [2.24, 2.45) is 0 Å². The Morgan fingerprint density at radius 1 is 1.24 bits per heavy atom. The van der Waals surface area contributed by atoms with E-state index in [1.807, 2.05) is 43.3 Å². The van der Waals surface area contributed by atoms with E-state index in [2.05, 4.69) is 39.2 Å². The lowest BCUT2D eigenvalue weighted by molar-refractivity contribution is 0.399. The summed E-state index contributed by atoms with van der Waals surface area (Å²) >= 11 is 3.60. The topological polar surface area (TPSA) is 37.4 Å². The molecule has 0 bridgehead atoms. The number of methoxy groups -OCH3 is 1. The van der Waals surface area contributed by atoms with Gasteiger partial charge in [-0.15, -0.1) is 0 Å². The van der Waals surface area contributed by atoms with Gasteiger partial charge in [0.2, 0.25) is 5.88 Å². The number of benzene rings is 1. The van der Waals surface area contributed by atoms with Crippen LogP contribution in [0.4, 0.5) is 11.4 Å². The Labute approximate surface area is 134 Å². The van der Waals surface area contributed by atoms with E-state index >= 15 is 0 Å². The largest absolute Gasteiger partial charge is 0.479 e. The predicted octanol–water partition coefficient (Wildman–Crippen LogP) is 4.09. The molecule has 0 spiro atoms. The highest BCUT2D eigenvalue weighted by atomic mass is 79.9. The van der Waals surface area contributed by atoms with Crippen molar-refractivity contribution in [3.8, 4) is 5.88 Å². The molecule has 0 fully saturated rings. The van der Waals surface area contributed by atoms with E-state index in [0.717, 1.165) is 15.8 Å². The van der Waals surface area contributed by atoms with Gasteiger partial charge < -0.3 is 15.0 Å². The summed E-state index contributed by atoms with van der Waals surface area (Å²) in [5.74, 6) is 0.597. The van der Waals surface area contributed by atoms with Crippen LogP contribution in [0.3, 0.4) is 0 Å². The van der Waals surface area contributed by atoms with Gasteiger partial charge in [-0.25, -0.2) is 4.98 Å². The molecule has 0 amide bonds. The molecule has 1 N–H and O–H groups in total. The van der Waals surface area contributed by atoms with Gasteiger partial charge in [0.05, 0.1) is 12.8 Å². The number of hydrogen-bond donors (Lipinski definition) is 1. The van der Waals surface area contributed by atoms with E-state index in [1.165, 1.54) is 5.56 Å². The van der Waals surface area contributed by atoms with Crippen molar-refractivity contribution >= 4 is 27.3 Å². The van der Waals surface area contributed by atoms with E-state index in [4.69, 9.17) is 4.74 Å². The molecule has 1 unspecified atom stereocenters. The van der Waals surface area contributed by atoms with Gasteiger partial charge in [0, 0.05) is 30.8 Å². The maximum Gasteiger partial charge on any atom is 0.239 e. The molecule has 0 aliphatic heterocycles. The third-order valence-corrected chi connectivity index (χ3v) is 4.02. The molecule has 0 saturated carbocycles. The molecular weight excluding hydrogens is 330 g/mol. The first-order valence-corrected chi connectivity index (χ1v) is 7.55. The van der Waals surface area contributed by atoms with E-state index in [1.54, 1.807) is 13.3 Å². The summed E-state index contributed by atoms with van der Waals surface area (Å²) in [7, 11) is 5.64. The Bertz CT molecular complexity index is 616. The summed E-state index contributed by atoms with van der Waals surface area (Å²) in [6, 6.07) is 10.3. The minimum absolute atomic E-state index is 0.123. The normalized spacial score (nSPS) is 11.9. The van der Waals surface area contributed by atoms with Gasteiger partial charge in [0.15, 0.2) is 0 Å². The second-order valence-corrected chi connectivity index (χ2v) is 5.85. The second kappa shape index (κ2) is 6.80. The maximum absolute atomic E-state index is 5.39. The number of anilines is 2. The lowest BCUT2D eigenvalue weighted by Crippen LogP contribution is -2.15. The highest BCUT2D eigenvalue weighted by Crippen LogP contribution is 2.36. The maximum atomic E-state index is 5.39. The van der Waals surface area contributed by atoms with Gasteiger partial charge in [-0.1, -0.05) is 34.1 Å². The lowest BCUT2D eigenvalue weighted by atomic mass is 10.1. The fourth-order valence-electron chi connectivity index (χ4n) is 2.22. The number of halogens is 1. The van der Waals surface area contributed by atoms with Gasteiger partial charge in [-0.05, 0) is 24.6 Å². The molecule has 5 heteroatoms. The number of aromatic nitrogens is 1. The molecule has 112 valence electrons. The van der Waals surface area contributed by atoms with Gasteiger partial charge in [-0.2, -0.15) is 0 Å². The quantitative estimate of drug-likeness (QED) is 0.881. The smallest absolute Gasteiger partial charge is 0.239 e. The second-order valence-electron chi connectivity index (χ2n) is 5.00. The molecule has 0 aliphatic rings. The highest BCUT2D eigenvalue weighted by Gasteiger charge is 2.16. The van der Waals surface area contributed by atoms with Crippen molar-refractivity contribution in [1.82, 2.24) is 4.98 Å². The van der Waals surface area contributed by atoms with Crippen LogP contribution in [-0.2, 0) is 0 Å². The minimum atomic E-state index is 0.123. The highest BCUT2D eigenvalue weighted by molar-refractivity contribution is 9.10. The Balaban J connectivity index is 2.37. The Morgan fingerprint density at radius 3 is 2.57 bits per heavy atom. The van der Waals surface area contributed by atoms with Crippen LogP contribution in [0.5, 0.6) is 5.88 Å².